The van der Waals surface area contributed by atoms with E-state index in [0.717, 1.165) is 22.5 Å². The summed E-state index contributed by atoms with van der Waals surface area (Å²) >= 11 is 24.6. The first kappa shape index (κ1) is 38.6. The Hall–Kier alpha value is -2.23. The van der Waals surface area contributed by atoms with Crippen molar-refractivity contribution >= 4 is 64.2 Å². The van der Waals surface area contributed by atoms with Crippen LogP contribution >= 0.6 is 46.4 Å². The highest BCUT2D eigenvalue weighted by Gasteiger charge is 2.51. The van der Waals surface area contributed by atoms with Gasteiger partial charge in [0.1, 0.15) is 11.9 Å². The van der Waals surface area contributed by atoms with Gasteiger partial charge in [0.05, 0.1) is 26.7 Å². The smallest absolute Gasteiger partial charge is 0.330 e. The number of ether oxygens (including phenoxy) is 3. The Morgan fingerprint density at radius 1 is 1.15 bits per heavy atom. The molecule has 0 aromatic heterocycles. The van der Waals surface area contributed by atoms with Crippen molar-refractivity contribution in [2.24, 2.45) is 29.1 Å². The van der Waals surface area contributed by atoms with Crippen molar-refractivity contribution in [3.8, 4) is 5.75 Å². The standard InChI is InChI=1S/C36H45Cl4NO7/c1-21(6-12-31(36(38,39)40)48-33(44)18-30(42)27-17-29(27)37)14-22(2)24-15-25(9-13-32(43)47-5)35(3)20-41(34(45)28(35)16-24)19-23-7-10-26(46-4)11-8-23/h7-11,13-14,16,21,24-25,27,29-31,42H,6,12,15,17-20H2,1-5H3/b13-9+,22-14+/t21?,24-,25?,27?,29+,30?,31?,35-/m1/s1. The molecule has 2 aliphatic carbocycles. The maximum absolute atomic E-state index is 13.9. The van der Waals surface area contributed by atoms with Crippen LogP contribution in [-0.4, -0.2) is 70.0 Å². The van der Waals surface area contributed by atoms with Crippen LogP contribution in [-0.2, 0) is 30.4 Å². The van der Waals surface area contributed by atoms with Gasteiger partial charge in [-0.3, -0.25) is 9.59 Å². The lowest BCUT2D eigenvalue weighted by molar-refractivity contribution is -0.152. The topological polar surface area (TPSA) is 102 Å². The first-order valence-electron chi connectivity index (χ1n) is 16.2. The fourth-order valence-corrected chi connectivity index (χ4v) is 7.60. The number of methoxy groups -OCH3 is 2. The van der Waals surface area contributed by atoms with Crippen molar-refractivity contribution < 1.29 is 33.7 Å². The molecule has 5 unspecified atom stereocenters. The summed E-state index contributed by atoms with van der Waals surface area (Å²) in [4.78, 5) is 40.4. The third kappa shape index (κ3) is 9.72. The van der Waals surface area contributed by atoms with Gasteiger partial charge < -0.3 is 24.2 Å². The number of likely N-dealkylation sites (tertiary alicyclic amines) is 1. The molecule has 1 amide bonds. The first-order valence-corrected chi connectivity index (χ1v) is 17.8. The van der Waals surface area contributed by atoms with Gasteiger partial charge in [-0.2, -0.15) is 0 Å². The first-order chi connectivity index (χ1) is 22.5. The molecular weight excluding hydrogens is 700 g/mol. The molecule has 1 aromatic carbocycles. The number of allylic oxidation sites excluding steroid dienone is 4. The van der Waals surface area contributed by atoms with E-state index in [0.29, 0.717) is 32.4 Å². The molecule has 0 spiro atoms. The fraction of sp³-hybridized carbons (Fsp3) is 0.583. The summed E-state index contributed by atoms with van der Waals surface area (Å²) in [6.45, 7) is 7.13. The van der Waals surface area contributed by atoms with Crippen LogP contribution in [0.5, 0.6) is 5.75 Å². The number of fused-ring (bicyclic) bond motifs is 1. The Kier molecular flexibility index (Phi) is 13.0. The zero-order valence-corrected chi connectivity index (χ0v) is 31.0. The number of carbonyl (C=O) groups excluding carboxylic acids is 3. The maximum atomic E-state index is 13.9. The molecular formula is C36H45Cl4NO7. The van der Waals surface area contributed by atoms with E-state index < -0.39 is 33.4 Å². The SMILES string of the molecule is COC(=O)/C=C/C1C[C@@H](/C(C)=C/C(C)CCC(OC(=O)CC(O)C2C[C@@H]2Cl)C(Cl)(Cl)Cl)C=C2C(=O)N(Cc3ccc(OC)cc3)C[C@@]21C. The Morgan fingerprint density at radius 3 is 2.40 bits per heavy atom. The minimum Gasteiger partial charge on any atom is -0.497 e. The van der Waals surface area contributed by atoms with Crippen molar-refractivity contribution in [2.45, 2.75) is 80.8 Å². The van der Waals surface area contributed by atoms with Gasteiger partial charge in [-0.1, -0.05) is 84.6 Å². The predicted octanol–water partition coefficient (Wildman–Crippen LogP) is 7.36. The molecule has 2 fully saturated rings. The third-order valence-corrected chi connectivity index (χ3v) is 11.1. The summed E-state index contributed by atoms with van der Waals surface area (Å²) in [5.41, 5.74) is 2.32. The molecule has 1 aromatic rings. The molecule has 1 saturated carbocycles. The number of carbonyl (C=O) groups is 3. The van der Waals surface area contributed by atoms with Crippen molar-refractivity contribution in [1.82, 2.24) is 4.90 Å². The Morgan fingerprint density at radius 2 is 1.81 bits per heavy atom. The van der Waals surface area contributed by atoms with Crippen molar-refractivity contribution in [2.75, 3.05) is 20.8 Å². The molecule has 0 bridgehead atoms. The highest BCUT2D eigenvalue weighted by molar-refractivity contribution is 6.68. The van der Waals surface area contributed by atoms with Crippen LogP contribution < -0.4 is 4.74 Å². The summed E-state index contributed by atoms with van der Waals surface area (Å²) in [5.74, 6) is -0.606. The van der Waals surface area contributed by atoms with Gasteiger partial charge in [0.15, 0.2) is 0 Å². The number of nitrogens with zero attached hydrogens (tertiary/aromatic N) is 1. The van der Waals surface area contributed by atoms with Crippen molar-refractivity contribution in [3.63, 3.8) is 0 Å². The second-order valence-corrected chi connectivity index (χ2v) is 16.4. The lowest BCUT2D eigenvalue weighted by Crippen LogP contribution is -2.35. The van der Waals surface area contributed by atoms with E-state index in [-0.39, 0.29) is 47.8 Å². The molecule has 8 nitrogen and oxygen atoms in total. The zero-order valence-electron chi connectivity index (χ0n) is 28.0. The van der Waals surface area contributed by atoms with Gasteiger partial charge >= 0.3 is 11.9 Å². The monoisotopic (exact) mass is 743 g/mol. The van der Waals surface area contributed by atoms with Gasteiger partial charge in [0.25, 0.3) is 0 Å². The number of benzene rings is 1. The normalized spacial score (nSPS) is 27.6. The highest BCUT2D eigenvalue weighted by Crippen LogP contribution is 2.51. The predicted molar refractivity (Wildman–Crippen MR) is 188 cm³/mol. The van der Waals surface area contributed by atoms with Gasteiger partial charge in [-0.15, -0.1) is 11.6 Å². The van der Waals surface area contributed by atoms with Gasteiger partial charge in [-0.05, 0) is 68.1 Å². The summed E-state index contributed by atoms with van der Waals surface area (Å²) in [6, 6.07) is 7.67. The van der Waals surface area contributed by atoms with Crippen LogP contribution in [0, 0.1) is 29.1 Å². The molecule has 1 aliphatic heterocycles. The minimum atomic E-state index is -1.84. The molecule has 264 valence electrons. The van der Waals surface area contributed by atoms with E-state index in [2.05, 4.69) is 19.1 Å². The number of hydrogen-bond acceptors (Lipinski definition) is 7. The molecule has 48 heavy (non-hydrogen) atoms. The van der Waals surface area contributed by atoms with Gasteiger partial charge in [0.2, 0.25) is 9.70 Å². The van der Waals surface area contributed by atoms with Gasteiger partial charge in [0, 0.05) is 41.4 Å². The quantitative estimate of drug-likeness (QED) is 0.0920. The lowest BCUT2D eigenvalue weighted by atomic mass is 9.64. The Bertz CT molecular complexity index is 1420. The number of halogens is 4. The second kappa shape index (κ2) is 16.2. The van der Waals surface area contributed by atoms with Crippen LogP contribution in [0.4, 0.5) is 0 Å². The average molecular weight is 746 g/mol. The van der Waals surface area contributed by atoms with E-state index in [1.54, 1.807) is 7.11 Å². The molecule has 1 heterocycles. The lowest BCUT2D eigenvalue weighted by Gasteiger charge is -2.39. The van der Waals surface area contributed by atoms with Crippen LogP contribution in [0.2, 0.25) is 0 Å². The van der Waals surface area contributed by atoms with Crippen LogP contribution in [0.25, 0.3) is 0 Å². The molecule has 4 rings (SSSR count). The largest absolute Gasteiger partial charge is 0.497 e. The Balaban J connectivity index is 1.48. The Labute approximate surface area is 303 Å². The molecule has 1 N–H and O–H groups in total. The zero-order chi connectivity index (χ0) is 35.4. The molecule has 0 radical (unpaired) electrons. The summed E-state index contributed by atoms with van der Waals surface area (Å²) in [5, 5.41) is 10.1. The molecule has 3 aliphatic rings. The molecule has 8 atom stereocenters. The van der Waals surface area contributed by atoms with Crippen LogP contribution in [0.15, 0.2) is 59.7 Å². The summed E-state index contributed by atoms with van der Waals surface area (Å²) in [6.07, 6.45) is 7.64. The van der Waals surface area contributed by atoms with E-state index >= 15 is 0 Å². The van der Waals surface area contributed by atoms with Crippen molar-refractivity contribution in [3.05, 3.63) is 65.3 Å². The minimum absolute atomic E-state index is 0.0176. The number of aliphatic hydroxyl groups is 1. The van der Waals surface area contributed by atoms with Gasteiger partial charge in [-0.25, -0.2) is 4.79 Å². The number of alkyl halides is 4. The maximum Gasteiger partial charge on any atom is 0.330 e. The number of rotatable bonds is 14. The second-order valence-electron chi connectivity index (χ2n) is 13.5. The highest BCUT2D eigenvalue weighted by atomic mass is 35.6. The third-order valence-electron chi connectivity index (χ3n) is 9.83. The van der Waals surface area contributed by atoms with Crippen molar-refractivity contribution in [1.29, 1.82) is 0 Å². The number of esters is 2. The van der Waals surface area contributed by atoms with E-state index in [9.17, 15) is 19.5 Å². The number of hydrogen-bond donors (Lipinski definition) is 1. The van der Waals surface area contributed by atoms with Crippen LogP contribution in [0.3, 0.4) is 0 Å². The van der Waals surface area contributed by atoms with E-state index in [1.165, 1.54) is 13.2 Å². The van der Waals surface area contributed by atoms with E-state index in [1.807, 2.05) is 49.1 Å². The average Bonchev–Trinajstić information content (AvgIpc) is 3.71. The summed E-state index contributed by atoms with van der Waals surface area (Å²) < 4.78 is 13.8. The number of amides is 1. The fourth-order valence-electron chi connectivity index (χ4n) is 6.77. The summed E-state index contributed by atoms with van der Waals surface area (Å²) in [7, 11) is 2.96. The molecule has 12 heteroatoms. The molecule has 1 saturated heterocycles. The van der Waals surface area contributed by atoms with E-state index in [4.69, 9.17) is 60.6 Å². The van der Waals surface area contributed by atoms with Crippen LogP contribution in [0.1, 0.15) is 58.4 Å². The number of aliphatic hydroxyl groups excluding tert-OH is 1.